The van der Waals surface area contributed by atoms with Crippen LogP contribution in [-0.2, 0) is 4.79 Å². The van der Waals surface area contributed by atoms with Crippen molar-refractivity contribution in [2.75, 3.05) is 13.6 Å². The monoisotopic (exact) mass is 171 g/mol. The fourth-order valence-corrected chi connectivity index (χ4v) is 1.32. The first kappa shape index (κ1) is 8.83. The number of rotatable bonds is 3. The highest BCUT2D eigenvalue weighted by molar-refractivity contribution is 5.77. The summed E-state index contributed by atoms with van der Waals surface area (Å²) in [7, 11) is 1.68. The third-order valence-electron chi connectivity index (χ3n) is 1.91. The van der Waals surface area contributed by atoms with E-state index < -0.39 is 5.97 Å². The molecule has 1 atom stereocenters. The average molecular weight is 171 g/mol. The van der Waals surface area contributed by atoms with Crippen molar-refractivity contribution in [3.8, 4) is 0 Å². The second-order valence-electron chi connectivity index (χ2n) is 2.70. The summed E-state index contributed by atoms with van der Waals surface area (Å²) in [4.78, 5) is 12.4. The molecule has 5 heteroatoms. The summed E-state index contributed by atoms with van der Waals surface area (Å²) in [5, 5.41) is 12.5. The van der Waals surface area contributed by atoms with Crippen LogP contribution in [0.5, 0.6) is 0 Å². The molecule has 1 aliphatic heterocycles. The van der Waals surface area contributed by atoms with E-state index in [-0.39, 0.29) is 6.04 Å². The predicted molar refractivity (Wildman–Crippen MR) is 44.9 cm³/mol. The minimum atomic E-state index is -0.768. The number of hydrogen-bond donors (Lipinski definition) is 2. The molecule has 1 heterocycles. The van der Waals surface area contributed by atoms with Gasteiger partial charge < -0.3 is 15.4 Å². The van der Waals surface area contributed by atoms with Gasteiger partial charge >= 0.3 is 5.97 Å². The first-order valence-electron chi connectivity index (χ1n) is 3.94. The average Bonchev–Trinajstić information content (AvgIpc) is 2.48. The zero-order valence-electron chi connectivity index (χ0n) is 7.03. The van der Waals surface area contributed by atoms with E-state index in [1.54, 1.807) is 18.3 Å². The molecule has 68 valence electrons. The maximum absolute atomic E-state index is 10.7. The Morgan fingerprint density at radius 3 is 3.17 bits per heavy atom. The molecule has 0 aromatic rings. The molecule has 0 saturated carbocycles. The molecule has 0 bridgehead atoms. The largest absolute Gasteiger partial charge is 0.480 e. The molecule has 1 rings (SSSR count). The lowest BCUT2D eigenvalue weighted by molar-refractivity contribution is -0.140. The second-order valence-corrected chi connectivity index (χ2v) is 2.70. The van der Waals surface area contributed by atoms with Crippen LogP contribution in [-0.4, -0.2) is 41.9 Å². The smallest absolute Gasteiger partial charge is 0.326 e. The van der Waals surface area contributed by atoms with Gasteiger partial charge in [0.15, 0.2) is 0 Å². The summed E-state index contributed by atoms with van der Waals surface area (Å²) in [5.74, 6) is -0.768. The third-order valence-corrected chi connectivity index (χ3v) is 1.91. The van der Waals surface area contributed by atoms with Crippen molar-refractivity contribution < 1.29 is 9.90 Å². The van der Waals surface area contributed by atoms with Gasteiger partial charge in [0.05, 0.1) is 0 Å². The maximum Gasteiger partial charge on any atom is 0.326 e. The molecule has 1 fully saturated rings. The molecule has 0 amide bonds. The number of nitrogens with zero attached hydrogens (tertiary/aromatic N) is 2. The molecule has 0 aromatic carbocycles. The van der Waals surface area contributed by atoms with Gasteiger partial charge in [-0.3, -0.25) is 0 Å². The van der Waals surface area contributed by atoms with E-state index in [0.29, 0.717) is 6.42 Å². The van der Waals surface area contributed by atoms with Gasteiger partial charge in [-0.15, -0.1) is 0 Å². The van der Waals surface area contributed by atoms with Gasteiger partial charge in [-0.2, -0.15) is 5.10 Å². The fraction of sp³-hybridized carbons (Fsp3) is 0.714. The minimum Gasteiger partial charge on any atom is -0.480 e. The normalized spacial score (nSPS) is 23.4. The van der Waals surface area contributed by atoms with E-state index in [9.17, 15) is 4.79 Å². The van der Waals surface area contributed by atoms with E-state index >= 15 is 0 Å². The highest BCUT2D eigenvalue weighted by Gasteiger charge is 2.28. The van der Waals surface area contributed by atoms with Crippen LogP contribution in [0.4, 0.5) is 0 Å². The standard InChI is InChI=1S/C7H13N3O2/c1-8-9-5-10-4-2-3-6(10)7(11)12/h5-6,8H,2-4H2,1H3,(H,11,12)/t6-/m0/s1. The number of hydrazone groups is 1. The van der Waals surface area contributed by atoms with Crippen molar-refractivity contribution in [3.05, 3.63) is 0 Å². The molecule has 0 unspecified atom stereocenters. The molecule has 0 aromatic heterocycles. The Bertz CT molecular complexity index is 193. The first-order valence-corrected chi connectivity index (χ1v) is 3.94. The molecule has 0 aliphatic carbocycles. The number of likely N-dealkylation sites (tertiary alicyclic amines) is 1. The Balaban J connectivity index is 2.52. The molecule has 12 heavy (non-hydrogen) atoms. The number of aliphatic carboxylic acids is 1. The van der Waals surface area contributed by atoms with E-state index in [4.69, 9.17) is 5.11 Å². The lowest BCUT2D eigenvalue weighted by Gasteiger charge is -2.16. The van der Waals surface area contributed by atoms with Gasteiger partial charge in [0.2, 0.25) is 0 Å². The van der Waals surface area contributed by atoms with Crippen LogP contribution in [0.2, 0.25) is 0 Å². The molecule has 5 nitrogen and oxygen atoms in total. The zero-order valence-corrected chi connectivity index (χ0v) is 7.03. The van der Waals surface area contributed by atoms with E-state index in [1.807, 2.05) is 0 Å². The molecule has 2 N–H and O–H groups in total. The Morgan fingerprint density at radius 2 is 2.58 bits per heavy atom. The zero-order chi connectivity index (χ0) is 8.97. The Labute approximate surface area is 71.1 Å². The van der Waals surface area contributed by atoms with Gasteiger partial charge in [0, 0.05) is 13.6 Å². The summed E-state index contributed by atoms with van der Waals surface area (Å²) in [6.45, 7) is 0.780. The molecule has 0 radical (unpaired) electrons. The molecule has 0 spiro atoms. The summed E-state index contributed by atoms with van der Waals surface area (Å²) in [5.41, 5.74) is 2.59. The highest BCUT2D eigenvalue weighted by Crippen LogP contribution is 2.14. The van der Waals surface area contributed by atoms with Gasteiger partial charge in [0.25, 0.3) is 0 Å². The lowest BCUT2D eigenvalue weighted by atomic mass is 10.2. The van der Waals surface area contributed by atoms with Crippen molar-refractivity contribution in [1.82, 2.24) is 10.3 Å². The van der Waals surface area contributed by atoms with Crippen LogP contribution >= 0.6 is 0 Å². The van der Waals surface area contributed by atoms with E-state index in [1.165, 1.54) is 0 Å². The van der Waals surface area contributed by atoms with Crippen LogP contribution < -0.4 is 5.43 Å². The molecule has 1 aliphatic rings. The number of carboxylic acids is 1. The number of hydrogen-bond acceptors (Lipinski definition) is 3. The molecule has 1 saturated heterocycles. The minimum absolute atomic E-state index is 0.387. The van der Waals surface area contributed by atoms with Crippen LogP contribution in [0.25, 0.3) is 0 Å². The van der Waals surface area contributed by atoms with Gasteiger partial charge in [-0.25, -0.2) is 4.79 Å². The molecular formula is C7H13N3O2. The van der Waals surface area contributed by atoms with Crippen LogP contribution in [0.3, 0.4) is 0 Å². The molecular weight excluding hydrogens is 158 g/mol. The van der Waals surface area contributed by atoms with Crippen molar-refractivity contribution in [3.63, 3.8) is 0 Å². The van der Waals surface area contributed by atoms with Crippen LogP contribution in [0.15, 0.2) is 5.10 Å². The number of nitrogens with one attached hydrogen (secondary N) is 1. The fourth-order valence-electron chi connectivity index (χ4n) is 1.32. The third kappa shape index (κ3) is 1.87. The van der Waals surface area contributed by atoms with E-state index in [2.05, 4.69) is 10.5 Å². The number of carboxylic acid groups (broad SMARTS) is 1. The second kappa shape index (κ2) is 3.94. The maximum atomic E-state index is 10.7. The summed E-state index contributed by atoms with van der Waals surface area (Å²) < 4.78 is 0. The SMILES string of the molecule is CNN=CN1CCC[C@H]1C(=O)O. The van der Waals surface area contributed by atoms with E-state index in [0.717, 1.165) is 13.0 Å². The van der Waals surface area contributed by atoms with Crippen molar-refractivity contribution in [1.29, 1.82) is 0 Å². The topological polar surface area (TPSA) is 64.9 Å². The summed E-state index contributed by atoms with van der Waals surface area (Å²) in [6, 6.07) is -0.387. The summed E-state index contributed by atoms with van der Waals surface area (Å²) >= 11 is 0. The summed E-state index contributed by atoms with van der Waals surface area (Å²) in [6.07, 6.45) is 3.18. The van der Waals surface area contributed by atoms with Gasteiger partial charge in [0.1, 0.15) is 12.4 Å². The Hall–Kier alpha value is -1.26. The lowest BCUT2D eigenvalue weighted by Crippen LogP contribution is -2.35. The van der Waals surface area contributed by atoms with Crippen molar-refractivity contribution in [2.45, 2.75) is 18.9 Å². The highest BCUT2D eigenvalue weighted by atomic mass is 16.4. The number of carbonyl (C=O) groups is 1. The van der Waals surface area contributed by atoms with Gasteiger partial charge in [-0.05, 0) is 12.8 Å². The Kier molecular flexibility index (Phi) is 2.90. The van der Waals surface area contributed by atoms with Crippen molar-refractivity contribution in [2.24, 2.45) is 5.10 Å². The first-order chi connectivity index (χ1) is 5.75. The van der Waals surface area contributed by atoms with Crippen molar-refractivity contribution >= 4 is 12.3 Å². The van der Waals surface area contributed by atoms with Crippen LogP contribution in [0.1, 0.15) is 12.8 Å². The predicted octanol–water partition coefficient (Wildman–Crippen LogP) is -0.302. The Morgan fingerprint density at radius 1 is 1.83 bits per heavy atom. The van der Waals surface area contributed by atoms with Crippen LogP contribution in [0, 0.1) is 0 Å². The van der Waals surface area contributed by atoms with Gasteiger partial charge in [-0.1, -0.05) is 0 Å². The quantitative estimate of drug-likeness (QED) is 0.347.